The van der Waals surface area contributed by atoms with Gasteiger partial charge in [-0.25, -0.2) is 9.83 Å². The van der Waals surface area contributed by atoms with Crippen LogP contribution in [-0.2, 0) is 5.41 Å². The van der Waals surface area contributed by atoms with Gasteiger partial charge in [0, 0.05) is 16.5 Å². The van der Waals surface area contributed by atoms with Crippen LogP contribution in [0.5, 0.6) is 0 Å². The van der Waals surface area contributed by atoms with Gasteiger partial charge in [0.15, 0.2) is 5.69 Å². The summed E-state index contributed by atoms with van der Waals surface area (Å²) in [6, 6.07) is 57.3. The Kier molecular flexibility index (Phi) is 7.15. The maximum Gasteiger partial charge on any atom is 0.187 e. The molecule has 1 heterocycles. The number of fused-ring (bicyclic) bond motifs is 3. The molecule has 0 amide bonds. The highest BCUT2D eigenvalue weighted by molar-refractivity contribution is 5.95. The summed E-state index contributed by atoms with van der Waals surface area (Å²) in [4.78, 5) is 8.79. The van der Waals surface area contributed by atoms with Gasteiger partial charge < -0.3 is 0 Å². The largest absolute Gasteiger partial charge is 0.248 e. The summed E-state index contributed by atoms with van der Waals surface area (Å²) in [5.74, 6) is 3.22. The molecule has 0 aliphatic heterocycles. The van der Waals surface area contributed by atoms with Crippen LogP contribution in [0.2, 0.25) is 0 Å². The van der Waals surface area contributed by atoms with E-state index in [1.807, 2.05) is 12.1 Å². The molecule has 2 heteroatoms. The highest BCUT2D eigenvalue weighted by Gasteiger charge is 2.61. The van der Waals surface area contributed by atoms with Crippen LogP contribution in [0.4, 0.5) is 5.69 Å². The van der Waals surface area contributed by atoms with Gasteiger partial charge in [-0.15, -0.1) is 0 Å². The lowest BCUT2D eigenvalue weighted by Gasteiger charge is -2.61. The van der Waals surface area contributed by atoms with Gasteiger partial charge in [0.2, 0.25) is 0 Å². The molecule has 258 valence electrons. The van der Waals surface area contributed by atoms with E-state index in [1.165, 1.54) is 71.0 Å². The van der Waals surface area contributed by atoms with E-state index in [0.29, 0.717) is 17.5 Å². The Bertz CT molecular complexity index is 2510. The fourth-order valence-electron chi connectivity index (χ4n) is 11.5. The van der Waals surface area contributed by atoms with Crippen LogP contribution in [0.15, 0.2) is 158 Å². The first-order valence-corrected chi connectivity index (χ1v) is 19.7. The third-order valence-electron chi connectivity index (χ3n) is 13.5. The van der Waals surface area contributed by atoms with Gasteiger partial charge in [-0.2, -0.15) is 0 Å². The number of rotatable bonds is 5. The molecule has 4 bridgehead atoms. The molecule has 7 aromatic rings. The van der Waals surface area contributed by atoms with E-state index in [4.69, 9.17) is 11.6 Å². The van der Waals surface area contributed by atoms with Gasteiger partial charge in [-0.05, 0) is 130 Å². The molecular formula is C52H40N2. The van der Waals surface area contributed by atoms with Crippen LogP contribution in [-0.4, -0.2) is 4.98 Å². The van der Waals surface area contributed by atoms with Crippen molar-refractivity contribution in [1.82, 2.24) is 4.98 Å². The Morgan fingerprint density at radius 1 is 0.444 bits per heavy atom. The van der Waals surface area contributed by atoms with Gasteiger partial charge in [0.1, 0.15) is 0 Å². The Hall–Kier alpha value is -6.04. The van der Waals surface area contributed by atoms with Crippen LogP contribution in [0.25, 0.3) is 71.9 Å². The van der Waals surface area contributed by atoms with Crippen molar-refractivity contribution in [3.63, 3.8) is 0 Å². The minimum absolute atomic E-state index is 0.0984. The average molecular weight is 693 g/mol. The molecule has 2 nitrogen and oxygen atoms in total. The minimum Gasteiger partial charge on any atom is -0.248 e. The molecule has 0 saturated heterocycles. The van der Waals surface area contributed by atoms with Crippen molar-refractivity contribution in [3.05, 3.63) is 180 Å². The highest BCUT2D eigenvalue weighted by atomic mass is 14.7. The van der Waals surface area contributed by atoms with Crippen molar-refractivity contribution >= 4 is 5.69 Å². The molecule has 6 aromatic carbocycles. The fraction of sp³-hybridized carbons (Fsp3) is 0.192. The predicted molar refractivity (Wildman–Crippen MR) is 221 cm³/mol. The second-order valence-corrected chi connectivity index (χ2v) is 16.3. The van der Waals surface area contributed by atoms with E-state index >= 15 is 0 Å². The van der Waals surface area contributed by atoms with Crippen molar-refractivity contribution in [2.24, 2.45) is 23.7 Å². The van der Waals surface area contributed by atoms with Crippen LogP contribution in [0.1, 0.15) is 43.2 Å². The lowest BCUT2D eigenvalue weighted by atomic mass is 9.43. The van der Waals surface area contributed by atoms with Crippen molar-refractivity contribution < 1.29 is 0 Å². The fourth-order valence-corrected chi connectivity index (χ4v) is 11.5. The molecule has 5 aliphatic rings. The van der Waals surface area contributed by atoms with Crippen LogP contribution < -0.4 is 0 Å². The first-order chi connectivity index (χ1) is 26.7. The average Bonchev–Trinajstić information content (AvgIpc) is 3.53. The van der Waals surface area contributed by atoms with E-state index in [9.17, 15) is 0 Å². The molecule has 1 aromatic heterocycles. The van der Waals surface area contributed by atoms with Crippen LogP contribution >= 0.6 is 0 Å². The zero-order valence-electron chi connectivity index (χ0n) is 30.3. The van der Waals surface area contributed by atoms with E-state index in [-0.39, 0.29) is 5.41 Å². The van der Waals surface area contributed by atoms with E-state index in [0.717, 1.165) is 39.9 Å². The minimum atomic E-state index is 0.0984. The molecule has 0 unspecified atom stereocenters. The topological polar surface area (TPSA) is 17.2 Å². The SMILES string of the molecule is [C-]#[N+]c1ccc(-c2cccc3c2-c2cc(-c4ccc(-c5cc(-c6ccccc6)nc(-c6ccccc6)c5)cc4)ccc2C32C3CC4CC(C3)CC2C4)cc1. The van der Waals surface area contributed by atoms with Crippen molar-refractivity contribution in [2.45, 2.75) is 37.5 Å². The Labute approximate surface area is 318 Å². The smallest absolute Gasteiger partial charge is 0.187 e. The quantitative estimate of drug-likeness (QED) is 0.164. The summed E-state index contributed by atoms with van der Waals surface area (Å²) in [6.07, 6.45) is 6.92. The summed E-state index contributed by atoms with van der Waals surface area (Å²) in [5, 5.41) is 0. The lowest BCUT2D eigenvalue weighted by Crippen LogP contribution is -2.55. The third kappa shape index (κ3) is 4.81. The summed E-state index contributed by atoms with van der Waals surface area (Å²) < 4.78 is 0. The zero-order chi connectivity index (χ0) is 35.8. The second kappa shape index (κ2) is 12.3. The van der Waals surface area contributed by atoms with Gasteiger partial charge in [0.25, 0.3) is 0 Å². The maximum atomic E-state index is 7.54. The number of hydrogen-bond donors (Lipinski definition) is 0. The van der Waals surface area contributed by atoms with E-state index in [2.05, 4.69) is 150 Å². The summed E-state index contributed by atoms with van der Waals surface area (Å²) >= 11 is 0. The molecule has 0 atom stereocenters. The predicted octanol–water partition coefficient (Wildman–Crippen LogP) is 13.7. The number of benzene rings is 6. The first kappa shape index (κ1) is 31.5. The first-order valence-electron chi connectivity index (χ1n) is 19.7. The van der Waals surface area contributed by atoms with Crippen molar-refractivity contribution in [1.29, 1.82) is 0 Å². The summed E-state index contributed by atoms with van der Waals surface area (Å²) in [5.41, 5.74) is 18.3. The molecule has 12 rings (SSSR count). The highest BCUT2D eigenvalue weighted by Crippen LogP contribution is 2.70. The van der Waals surface area contributed by atoms with Gasteiger partial charge in [-0.1, -0.05) is 140 Å². The zero-order valence-corrected chi connectivity index (χ0v) is 30.3. The number of pyridine rings is 1. The Balaban J connectivity index is 1.03. The van der Waals surface area contributed by atoms with E-state index in [1.54, 1.807) is 11.1 Å². The molecule has 54 heavy (non-hydrogen) atoms. The van der Waals surface area contributed by atoms with Gasteiger partial charge in [-0.3, -0.25) is 0 Å². The number of aromatic nitrogens is 1. The van der Waals surface area contributed by atoms with Gasteiger partial charge in [0.05, 0.1) is 18.0 Å². The van der Waals surface area contributed by atoms with E-state index < -0.39 is 0 Å². The van der Waals surface area contributed by atoms with Crippen LogP contribution in [0.3, 0.4) is 0 Å². The summed E-state index contributed by atoms with van der Waals surface area (Å²) in [6.45, 7) is 7.54. The lowest BCUT2D eigenvalue weighted by molar-refractivity contribution is -0.0399. The van der Waals surface area contributed by atoms with Crippen LogP contribution in [0, 0.1) is 30.2 Å². The molecule has 4 saturated carbocycles. The normalized spacial score (nSPS) is 22.9. The third-order valence-corrected chi connectivity index (χ3v) is 13.5. The molecule has 0 N–H and O–H groups in total. The van der Waals surface area contributed by atoms with Crippen molar-refractivity contribution in [3.8, 4) is 67.0 Å². The Morgan fingerprint density at radius 2 is 1.00 bits per heavy atom. The standard InChI is InChI=1S/C52H40N2/c1-53-44-22-19-37(20-23-44)45-13-8-14-48-51(45)46-30-40(21-24-47(46)52(48)42-26-33-25-34(28-42)29-43(52)27-33)35-15-17-36(18-16-35)41-31-49(38-9-4-2-5-10-38)54-50(32-41)39-11-6-3-7-12-39/h2-24,30-34,42-43H,25-29H2. The molecule has 1 spiro atoms. The summed E-state index contributed by atoms with van der Waals surface area (Å²) in [7, 11) is 0. The molecule has 0 radical (unpaired) electrons. The monoisotopic (exact) mass is 692 g/mol. The van der Waals surface area contributed by atoms with Crippen molar-refractivity contribution in [2.75, 3.05) is 0 Å². The second-order valence-electron chi connectivity index (χ2n) is 16.3. The molecule has 4 fully saturated rings. The molecule has 5 aliphatic carbocycles. The Morgan fingerprint density at radius 3 is 1.59 bits per heavy atom. The van der Waals surface area contributed by atoms with Gasteiger partial charge >= 0.3 is 0 Å². The number of nitrogens with zero attached hydrogens (tertiary/aromatic N) is 2. The maximum absolute atomic E-state index is 7.54. The number of hydrogen-bond acceptors (Lipinski definition) is 1. The molecular weight excluding hydrogens is 653 g/mol.